The summed E-state index contributed by atoms with van der Waals surface area (Å²) < 4.78 is 0. The molecular weight excluding hydrogens is 284 g/mol. The molecule has 106 valence electrons. The number of H-pyrrole nitrogens is 1. The van der Waals surface area contributed by atoms with Crippen LogP contribution in [0, 0.1) is 13.8 Å². The number of carbonyl (C=O) groups is 1. The number of carbonyl (C=O) groups excluding carboxylic acids is 1. The summed E-state index contributed by atoms with van der Waals surface area (Å²) in [6, 6.07) is 13.3. The lowest BCUT2D eigenvalue weighted by Crippen LogP contribution is -2.13. The fourth-order valence-electron chi connectivity index (χ4n) is 2.29. The van der Waals surface area contributed by atoms with Crippen molar-refractivity contribution in [1.29, 1.82) is 0 Å². The molecule has 0 aliphatic rings. The van der Waals surface area contributed by atoms with Crippen LogP contribution in [0.3, 0.4) is 0 Å². The third-order valence-electron chi connectivity index (χ3n) is 3.47. The first-order valence-corrected chi connectivity index (χ1v) is 7.07. The lowest BCUT2D eigenvalue weighted by molar-refractivity contribution is 0.102. The van der Waals surface area contributed by atoms with Gasteiger partial charge in [0.25, 0.3) is 5.91 Å². The SMILES string of the molecule is Cc1ccc2[nH]c(C(=O)Nc3cc(Cl)ccc3C)cc2c1. The average molecular weight is 299 g/mol. The highest BCUT2D eigenvalue weighted by molar-refractivity contribution is 6.31. The minimum absolute atomic E-state index is 0.172. The van der Waals surface area contributed by atoms with Crippen LogP contribution in [-0.4, -0.2) is 10.9 Å². The minimum Gasteiger partial charge on any atom is -0.351 e. The summed E-state index contributed by atoms with van der Waals surface area (Å²) in [5, 5.41) is 4.52. The van der Waals surface area contributed by atoms with Crippen molar-refractivity contribution in [3.63, 3.8) is 0 Å². The van der Waals surface area contributed by atoms with Crippen LogP contribution in [-0.2, 0) is 0 Å². The Morgan fingerprint density at radius 1 is 1.10 bits per heavy atom. The van der Waals surface area contributed by atoms with Crippen molar-refractivity contribution >= 4 is 34.1 Å². The largest absolute Gasteiger partial charge is 0.351 e. The van der Waals surface area contributed by atoms with Crippen molar-refractivity contribution in [2.45, 2.75) is 13.8 Å². The molecule has 2 N–H and O–H groups in total. The Morgan fingerprint density at radius 3 is 2.71 bits per heavy atom. The fraction of sp³-hybridized carbons (Fsp3) is 0.118. The number of rotatable bonds is 2. The molecule has 3 nitrogen and oxygen atoms in total. The van der Waals surface area contributed by atoms with E-state index in [0.717, 1.165) is 22.2 Å². The molecule has 0 bridgehead atoms. The van der Waals surface area contributed by atoms with Crippen LogP contribution in [0.15, 0.2) is 42.5 Å². The molecule has 1 heterocycles. The summed E-state index contributed by atoms with van der Waals surface area (Å²) in [6.45, 7) is 3.96. The van der Waals surface area contributed by atoms with Crippen molar-refractivity contribution < 1.29 is 4.79 Å². The molecule has 0 unspecified atom stereocenters. The zero-order chi connectivity index (χ0) is 15.0. The maximum atomic E-state index is 12.3. The molecule has 0 fully saturated rings. The Hall–Kier alpha value is -2.26. The molecule has 0 radical (unpaired) electrons. The number of amides is 1. The summed E-state index contributed by atoms with van der Waals surface area (Å²) in [5.41, 5.74) is 4.35. The quantitative estimate of drug-likeness (QED) is 0.708. The van der Waals surface area contributed by atoms with Gasteiger partial charge in [-0.3, -0.25) is 4.79 Å². The van der Waals surface area contributed by atoms with E-state index in [1.807, 2.05) is 44.2 Å². The van der Waals surface area contributed by atoms with E-state index in [2.05, 4.69) is 10.3 Å². The van der Waals surface area contributed by atoms with Gasteiger partial charge < -0.3 is 10.3 Å². The van der Waals surface area contributed by atoms with Gasteiger partial charge in [0.05, 0.1) is 0 Å². The molecule has 3 aromatic rings. The van der Waals surface area contributed by atoms with Crippen molar-refractivity contribution in [2.75, 3.05) is 5.32 Å². The van der Waals surface area contributed by atoms with E-state index < -0.39 is 0 Å². The van der Waals surface area contributed by atoms with Crippen LogP contribution in [0.4, 0.5) is 5.69 Å². The molecule has 2 aromatic carbocycles. The first-order valence-electron chi connectivity index (χ1n) is 6.70. The van der Waals surface area contributed by atoms with Crippen LogP contribution < -0.4 is 5.32 Å². The number of anilines is 1. The zero-order valence-electron chi connectivity index (χ0n) is 11.8. The highest BCUT2D eigenvalue weighted by atomic mass is 35.5. The lowest BCUT2D eigenvalue weighted by Gasteiger charge is -2.07. The Kier molecular flexibility index (Phi) is 3.43. The van der Waals surface area contributed by atoms with E-state index in [4.69, 9.17) is 11.6 Å². The molecule has 0 saturated heterocycles. The second-order valence-corrected chi connectivity index (χ2v) is 5.62. The van der Waals surface area contributed by atoms with Crippen LogP contribution in [0.5, 0.6) is 0 Å². The van der Waals surface area contributed by atoms with E-state index in [1.165, 1.54) is 5.56 Å². The third-order valence-corrected chi connectivity index (χ3v) is 3.70. The summed E-state index contributed by atoms with van der Waals surface area (Å²) in [4.78, 5) is 15.5. The first kappa shape index (κ1) is 13.7. The van der Waals surface area contributed by atoms with Gasteiger partial charge >= 0.3 is 0 Å². The number of hydrogen-bond acceptors (Lipinski definition) is 1. The maximum Gasteiger partial charge on any atom is 0.272 e. The fourth-order valence-corrected chi connectivity index (χ4v) is 2.47. The molecule has 0 aliphatic carbocycles. The van der Waals surface area contributed by atoms with Crippen molar-refractivity contribution in [2.24, 2.45) is 0 Å². The van der Waals surface area contributed by atoms with Crippen molar-refractivity contribution in [3.8, 4) is 0 Å². The number of benzene rings is 2. The minimum atomic E-state index is -0.172. The standard InChI is InChI=1S/C17H15ClN2O/c1-10-3-6-14-12(7-10)8-16(19-14)17(21)20-15-9-13(18)5-4-11(15)2/h3-9,19H,1-2H3,(H,20,21). The Labute approximate surface area is 127 Å². The number of aromatic nitrogens is 1. The van der Waals surface area contributed by atoms with E-state index in [9.17, 15) is 4.79 Å². The molecule has 0 atom stereocenters. The monoisotopic (exact) mass is 298 g/mol. The molecule has 0 aliphatic heterocycles. The highest BCUT2D eigenvalue weighted by Crippen LogP contribution is 2.22. The summed E-state index contributed by atoms with van der Waals surface area (Å²) >= 11 is 5.97. The van der Waals surface area contributed by atoms with Gasteiger partial charge in [-0.1, -0.05) is 29.3 Å². The van der Waals surface area contributed by atoms with Gasteiger partial charge in [0.1, 0.15) is 5.69 Å². The molecule has 21 heavy (non-hydrogen) atoms. The highest BCUT2D eigenvalue weighted by Gasteiger charge is 2.11. The predicted molar refractivity (Wildman–Crippen MR) is 87.2 cm³/mol. The molecule has 1 aromatic heterocycles. The van der Waals surface area contributed by atoms with Crippen LogP contribution in [0.25, 0.3) is 10.9 Å². The average Bonchev–Trinajstić information content (AvgIpc) is 2.86. The molecule has 1 amide bonds. The van der Waals surface area contributed by atoms with Crippen molar-refractivity contribution in [3.05, 3.63) is 64.3 Å². The summed E-state index contributed by atoms with van der Waals surface area (Å²) in [6.07, 6.45) is 0. The Bertz CT molecular complexity index is 836. The van der Waals surface area contributed by atoms with Gasteiger partial charge in [-0.15, -0.1) is 0 Å². The lowest BCUT2D eigenvalue weighted by atomic mass is 10.2. The smallest absolute Gasteiger partial charge is 0.272 e. The number of halogens is 1. The van der Waals surface area contributed by atoms with E-state index in [1.54, 1.807) is 12.1 Å². The van der Waals surface area contributed by atoms with E-state index >= 15 is 0 Å². The molecule has 0 spiro atoms. The number of hydrogen-bond donors (Lipinski definition) is 2. The molecule has 4 heteroatoms. The summed E-state index contributed by atoms with van der Waals surface area (Å²) in [5.74, 6) is -0.172. The second-order valence-electron chi connectivity index (χ2n) is 5.19. The maximum absolute atomic E-state index is 12.3. The normalized spacial score (nSPS) is 10.8. The number of fused-ring (bicyclic) bond motifs is 1. The number of aromatic amines is 1. The predicted octanol–water partition coefficient (Wildman–Crippen LogP) is 4.69. The van der Waals surface area contributed by atoms with E-state index in [0.29, 0.717) is 10.7 Å². The van der Waals surface area contributed by atoms with Gasteiger partial charge in [0, 0.05) is 21.6 Å². The summed E-state index contributed by atoms with van der Waals surface area (Å²) in [7, 11) is 0. The van der Waals surface area contributed by atoms with Crippen molar-refractivity contribution in [1.82, 2.24) is 4.98 Å². The molecule has 0 saturated carbocycles. The van der Waals surface area contributed by atoms with Gasteiger partial charge in [0.15, 0.2) is 0 Å². The van der Waals surface area contributed by atoms with Gasteiger partial charge in [0.2, 0.25) is 0 Å². The zero-order valence-corrected chi connectivity index (χ0v) is 12.6. The van der Waals surface area contributed by atoms with Crippen LogP contribution in [0.2, 0.25) is 5.02 Å². The van der Waals surface area contributed by atoms with E-state index in [-0.39, 0.29) is 5.91 Å². The molecule has 3 rings (SSSR count). The van der Waals surface area contributed by atoms with Gasteiger partial charge in [-0.2, -0.15) is 0 Å². The molecular formula is C17H15ClN2O. The number of nitrogens with one attached hydrogen (secondary N) is 2. The van der Waals surface area contributed by atoms with Gasteiger partial charge in [-0.05, 0) is 49.7 Å². The Balaban J connectivity index is 1.91. The second kappa shape index (κ2) is 5.26. The van der Waals surface area contributed by atoms with Crippen LogP contribution >= 0.6 is 11.6 Å². The topological polar surface area (TPSA) is 44.9 Å². The van der Waals surface area contributed by atoms with Crippen LogP contribution in [0.1, 0.15) is 21.6 Å². The Morgan fingerprint density at radius 2 is 1.90 bits per heavy atom. The first-order chi connectivity index (χ1) is 10.0. The number of aryl methyl sites for hydroxylation is 2. The third kappa shape index (κ3) is 2.78. The van der Waals surface area contributed by atoms with Gasteiger partial charge in [-0.25, -0.2) is 0 Å².